The van der Waals surface area contributed by atoms with E-state index in [-0.39, 0.29) is 17.4 Å². The lowest BCUT2D eigenvalue weighted by atomic mass is 10.4. The number of nitrogens with zero attached hydrogens (tertiary/aromatic N) is 2. The summed E-state index contributed by atoms with van der Waals surface area (Å²) in [6.07, 6.45) is -1.29. The fourth-order valence-electron chi connectivity index (χ4n) is 0.888. The molecular formula is C7H10F2N4O. The molecule has 0 aliphatic heterocycles. The van der Waals surface area contributed by atoms with Crippen molar-refractivity contribution in [2.24, 2.45) is 0 Å². The summed E-state index contributed by atoms with van der Waals surface area (Å²) >= 11 is 0. The van der Waals surface area contributed by atoms with Crippen molar-refractivity contribution in [1.82, 2.24) is 9.97 Å². The molecular weight excluding hydrogens is 194 g/mol. The molecule has 0 radical (unpaired) electrons. The van der Waals surface area contributed by atoms with Gasteiger partial charge in [0.15, 0.2) is 11.6 Å². The number of hydrogen-bond donors (Lipinski definition) is 2. The second-order valence-corrected chi connectivity index (χ2v) is 2.41. The Balaban J connectivity index is 2.80. The average molecular weight is 204 g/mol. The van der Waals surface area contributed by atoms with Crippen LogP contribution in [0, 0.1) is 0 Å². The van der Waals surface area contributed by atoms with Crippen LogP contribution in [0.4, 0.5) is 20.4 Å². The quantitative estimate of drug-likeness (QED) is 0.756. The number of nitrogens with two attached hydrogens (primary N) is 1. The first-order valence-corrected chi connectivity index (χ1v) is 3.81. The van der Waals surface area contributed by atoms with E-state index in [9.17, 15) is 8.78 Å². The molecule has 1 rings (SSSR count). The first-order valence-electron chi connectivity index (χ1n) is 3.81. The Hall–Kier alpha value is -1.66. The molecule has 0 atom stereocenters. The van der Waals surface area contributed by atoms with Crippen LogP contribution < -0.4 is 15.8 Å². The van der Waals surface area contributed by atoms with Gasteiger partial charge in [0.05, 0.1) is 13.7 Å². The zero-order valence-electron chi connectivity index (χ0n) is 7.50. The van der Waals surface area contributed by atoms with Crippen molar-refractivity contribution in [2.75, 3.05) is 24.7 Å². The van der Waals surface area contributed by atoms with Gasteiger partial charge >= 0.3 is 0 Å². The largest absolute Gasteiger partial charge is 0.490 e. The number of nitrogen functional groups attached to an aromatic ring is 1. The van der Waals surface area contributed by atoms with E-state index < -0.39 is 13.0 Å². The van der Waals surface area contributed by atoms with Crippen LogP contribution in [-0.4, -0.2) is 30.0 Å². The van der Waals surface area contributed by atoms with Gasteiger partial charge in [-0.3, -0.25) is 0 Å². The summed E-state index contributed by atoms with van der Waals surface area (Å²) in [5, 5.41) is 2.40. The molecule has 0 saturated heterocycles. The number of anilines is 2. The first kappa shape index (κ1) is 10.4. The van der Waals surface area contributed by atoms with Crippen LogP contribution in [0.15, 0.2) is 6.33 Å². The van der Waals surface area contributed by atoms with Crippen LogP contribution in [0.1, 0.15) is 0 Å². The van der Waals surface area contributed by atoms with E-state index in [0.29, 0.717) is 0 Å². The molecule has 0 amide bonds. The third kappa shape index (κ3) is 2.41. The summed E-state index contributed by atoms with van der Waals surface area (Å²) in [7, 11) is 1.36. The normalized spacial score (nSPS) is 10.3. The molecule has 78 valence electrons. The Morgan fingerprint density at radius 1 is 1.57 bits per heavy atom. The summed E-state index contributed by atoms with van der Waals surface area (Å²) < 4.78 is 28.6. The van der Waals surface area contributed by atoms with Crippen molar-refractivity contribution in [2.45, 2.75) is 6.43 Å². The van der Waals surface area contributed by atoms with E-state index in [0.717, 1.165) is 0 Å². The van der Waals surface area contributed by atoms with Gasteiger partial charge in [-0.25, -0.2) is 18.7 Å². The Morgan fingerprint density at radius 3 is 2.86 bits per heavy atom. The maximum Gasteiger partial charge on any atom is 0.255 e. The molecule has 14 heavy (non-hydrogen) atoms. The lowest BCUT2D eigenvalue weighted by Crippen LogP contribution is -2.13. The molecule has 7 heteroatoms. The minimum Gasteiger partial charge on any atom is -0.490 e. The molecule has 3 N–H and O–H groups in total. The topological polar surface area (TPSA) is 73.1 Å². The van der Waals surface area contributed by atoms with E-state index in [1.807, 2.05) is 0 Å². The number of hydrogen-bond acceptors (Lipinski definition) is 5. The fraction of sp³-hybridized carbons (Fsp3) is 0.429. The van der Waals surface area contributed by atoms with Gasteiger partial charge in [-0.05, 0) is 0 Å². The van der Waals surface area contributed by atoms with Crippen molar-refractivity contribution < 1.29 is 13.5 Å². The van der Waals surface area contributed by atoms with Crippen LogP contribution in [-0.2, 0) is 0 Å². The molecule has 0 unspecified atom stereocenters. The number of alkyl halides is 2. The van der Waals surface area contributed by atoms with Crippen LogP contribution in [0.25, 0.3) is 0 Å². The molecule has 1 heterocycles. The summed E-state index contributed by atoms with van der Waals surface area (Å²) in [5.41, 5.74) is 5.43. The van der Waals surface area contributed by atoms with Gasteiger partial charge in [-0.2, -0.15) is 0 Å². The van der Waals surface area contributed by atoms with E-state index in [1.54, 1.807) is 0 Å². The third-order valence-corrected chi connectivity index (χ3v) is 1.46. The highest BCUT2D eigenvalue weighted by Crippen LogP contribution is 2.25. The predicted molar refractivity (Wildman–Crippen MR) is 47.5 cm³/mol. The molecule has 0 aliphatic carbocycles. The van der Waals surface area contributed by atoms with Crippen LogP contribution in [0.3, 0.4) is 0 Å². The number of nitrogens with one attached hydrogen (secondary N) is 1. The minimum absolute atomic E-state index is 0.110. The van der Waals surface area contributed by atoms with Gasteiger partial charge in [0.1, 0.15) is 6.33 Å². The van der Waals surface area contributed by atoms with Gasteiger partial charge in [-0.15, -0.1) is 0 Å². The highest BCUT2D eigenvalue weighted by Gasteiger charge is 2.10. The highest BCUT2D eigenvalue weighted by molar-refractivity contribution is 5.61. The monoisotopic (exact) mass is 204 g/mol. The van der Waals surface area contributed by atoms with E-state index in [2.05, 4.69) is 15.3 Å². The lowest BCUT2D eigenvalue weighted by Gasteiger charge is -2.10. The Morgan fingerprint density at radius 2 is 2.29 bits per heavy atom. The van der Waals surface area contributed by atoms with E-state index in [4.69, 9.17) is 10.5 Å². The first-order chi connectivity index (χ1) is 6.65. The van der Waals surface area contributed by atoms with Crippen molar-refractivity contribution >= 4 is 11.6 Å². The maximum absolute atomic E-state index is 11.9. The predicted octanol–water partition coefficient (Wildman–Crippen LogP) is 0.744. The second kappa shape index (κ2) is 4.54. The van der Waals surface area contributed by atoms with Crippen molar-refractivity contribution in [3.05, 3.63) is 6.33 Å². The number of aromatic nitrogens is 2. The summed E-state index contributed by atoms with van der Waals surface area (Å²) in [5.74, 6) is 0.452. The van der Waals surface area contributed by atoms with Crippen LogP contribution in [0.5, 0.6) is 5.75 Å². The molecule has 5 nitrogen and oxygen atoms in total. The molecule has 0 saturated carbocycles. The highest BCUT2D eigenvalue weighted by atomic mass is 19.3. The lowest BCUT2D eigenvalue weighted by molar-refractivity contribution is 0.163. The molecule has 1 aromatic heterocycles. The molecule has 0 spiro atoms. The average Bonchev–Trinajstić information content (AvgIpc) is 2.14. The van der Waals surface area contributed by atoms with Crippen molar-refractivity contribution in [3.63, 3.8) is 0 Å². The number of methoxy groups -OCH3 is 1. The van der Waals surface area contributed by atoms with Gasteiger partial charge in [0.25, 0.3) is 6.43 Å². The second-order valence-electron chi connectivity index (χ2n) is 2.41. The van der Waals surface area contributed by atoms with Crippen molar-refractivity contribution in [1.29, 1.82) is 0 Å². The third-order valence-electron chi connectivity index (χ3n) is 1.46. The summed E-state index contributed by atoms with van der Waals surface area (Å²) in [6.45, 7) is -0.507. The molecule has 0 aliphatic rings. The molecule has 1 aromatic rings. The number of ether oxygens (including phenoxy) is 1. The van der Waals surface area contributed by atoms with Crippen molar-refractivity contribution in [3.8, 4) is 5.75 Å². The Kier molecular flexibility index (Phi) is 3.38. The van der Waals surface area contributed by atoms with E-state index in [1.165, 1.54) is 13.4 Å². The Bertz CT molecular complexity index is 308. The molecule has 0 bridgehead atoms. The maximum atomic E-state index is 11.9. The molecule has 0 aromatic carbocycles. The van der Waals surface area contributed by atoms with Gasteiger partial charge in [0, 0.05) is 0 Å². The summed E-state index contributed by atoms with van der Waals surface area (Å²) in [6, 6.07) is 0. The fourth-order valence-corrected chi connectivity index (χ4v) is 0.888. The Labute approximate surface area is 79.3 Å². The van der Waals surface area contributed by atoms with E-state index >= 15 is 0 Å². The SMILES string of the molecule is COc1c(N)ncnc1NCC(F)F. The van der Waals surface area contributed by atoms with Gasteiger partial charge in [-0.1, -0.05) is 0 Å². The van der Waals surface area contributed by atoms with Crippen LogP contribution in [0.2, 0.25) is 0 Å². The summed E-state index contributed by atoms with van der Waals surface area (Å²) in [4.78, 5) is 7.37. The van der Waals surface area contributed by atoms with Gasteiger partial charge in [0.2, 0.25) is 5.75 Å². The number of halogens is 2. The van der Waals surface area contributed by atoms with Crippen LogP contribution >= 0.6 is 0 Å². The zero-order valence-corrected chi connectivity index (χ0v) is 7.50. The zero-order chi connectivity index (χ0) is 10.6. The van der Waals surface area contributed by atoms with Gasteiger partial charge < -0.3 is 15.8 Å². The standard InChI is InChI=1S/C7H10F2N4O/c1-14-5-6(10)12-3-13-7(5)11-2-4(8)9/h3-4H,2H2,1H3,(H3,10,11,12,13). The smallest absolute Gasteiger partial charge is 0.255 e. The number of rotatable bonds is 4. The molecule has 0 fully saturated rings. The minimum atomic E-state index is -2.46.